The van der Waals surface area contributed by atoms with Crippen molar-refractivity contribution in [3.05, 3.63) is 49.1 Å². The SMILES string of the molecule is Nc1ccc(S(=O)(=O)NCc2csc(=O)[nH]2)cc1[N+](=O)[O-]. The van der Waals surface area contributed by atoms with E-state index in [0.29, 0.717) is 5.69 Å². The smallest absolute Gasteiger partial charge is 0.304 e. The Kier molecular flexibility index (Phi) is 4.06. The summed E-state index contributed by atoms with van der Waals surface area (Å²) in [5.74, 6) is 0. The lowest BCUT2D eigenvalue weighted by Crippen LogP contribution is -2.23. The maximum absolute atomic E-state index is 12.0. The Bertz CT molecular complexity index is 839. The highest BCUT2D eigenvalue weighted by atomic mass is 32.2. The second-order valence-corrected chi connectivity index (χ2v) is 6.58. The van der Waals surface area contributed by atoms with Crippen LogP contribution in [0.1, 0.15) is 5.69 Å². The number of hydrogen-bond donors (Lipinski definition) is 3. The molecule has 1 aromatic carbocycles. The molecule has 9 nitrogen and oxygen atoms in total. The van der Waals surface area contributed by atoms with Gasteiger partial charge in [0.15, 0.2) is 0 Å². The van der Waals surface area contributed by atoms with Crippen LogP contribution in [0.3, 0.4) is 0 Å². The van der Waals surface area contributed by atoms with Gasteiger partial charge in [-0.15, -0.1) is 0 Å². The van der Waals surface area contributed by atoms with Crippen LogP contribution >= 0.6 is 11.3 Å². The normalized spacial score (nSPS) is 11.4. The van der Waals surface area contributed by atoms with Gasteiger partial charge in [-0.3, -0.25) is 14.9 Å². The quantitative estimate of drug-likeness (QED) is 0.410. The summed E-state index contributed by atoms with van der Waals surface area (Å²) in [5, 5.41) is 12.2. The molecule has 0 atom stereocenters. The molecule has 0 radical (unpaired) electrons. The molecule has 0 saturated carbocycles. The van der Waals surface area contributed by atoms with Crippen molar-refractivity contribution in [3.63, 3.8) is 0 Å². The number of nitrogen functional groups attached to an aromatic ring is 1. The second kappa shape index (κ2) is 5.63. The van der Waals surface area contributed by atoms with Gasteiger partial charge in [0, 0.05) is 17.1 Å². The lowest BCUT2D eigenvalue weighted by molar-refractivity contribution is -0.384. The first-order chi connectivity index (χ1) is 9.79. The van der Waals surface area contributed by atoms with Gasteiger partial charge in [0.25, 0.3) is 5.69 Å². The van der Waals surface area contributed by atoms with E-state index >= 15 is 0 Å². The molecule has 0 amide bonds. The third kappa shape index (κ3) is 3.45. The number of benzene rings is 1. The molecule has 2 rings (SSSR count). The Balaban J connectivity index is 2.25. The van der Waals surface area contributed by atoms with Crippen LogP contribution in [0.4, 0.5) is 11.4 Å². The number of thiazole rings is 1. The fourth-order valence-corrected chi connectivity index (χ4v) is 3.11. The summed E-state index contributed by atoms with van der Waals surface area (Å²) in [6, 6.07) is 3.20. The number of hydrogen-bond acceptors (Lipinski definition) is 7. The standard InChI is InChI=1S/C10H10N4O5S2/c11-8-2-1-7(3-9(8)14(16)17)21(18,19)12-4-6-5-20-10(15)13-6/h1-3,5,12H,4,11H2,(H,13,15). The number of sulfonamides is 1. The van der Waals surface area contributed by atoms with E-state index in [2.05, 4.69) is 9.71 Å². The maximum atomic E-state index is 12.0. The number of nitrogens with zero attached hydrogens (tertiary/aromatic N) is 1. The number of rotatable bonds is 5. The van der Waals surface area contributed by atoms with Crippen molar-refractivity contribution in [2.45, 2.75) is 11.4 Å². The molecule has 21 heavy (non-hydrogen) atoms. The van der Waals surface area contributed by atoms with Gasteiger partial charge in [0.1, 0.15) is 5.69 Å². The third-order valence-electron chi connectivity index (χ3n) is 2.53. The largest absolute Gasteiger partial charge is 0.393 e. The highest BCUT2D eigenvalue weighted by Crippen LogP contribution is 2.24. The third-order valence-corrected chi connectivity index (χ3v) is 4.65. The average molecular weight is 330 g/mol. The summed E-state index contributed by atoms with van der Waals surface area (Å²) in [4.78, 5) is 22.8. The maximum Gasteiger partial charge on any atom is 0.304 e. The summed E-state index contributed by atoms with van der Waals surface area (Å²) in [5.41, 5.74) is 5.20. The molecule has 0 aliphatic heterocycles. The molecule has 11 heteroatoms. The second-order valence-electron chi connectivity index (χ2n) is 3.98. The monoisotopic (exact) mass is 330 g/mol. The van der Waals surface area contributed by atoms with Crippen LogP contribution in [0.2, 0.25) is 0 Å². The minimum Gasteiger partial charge on any atom is -0.393 e. The van der Waals surface area contributed by atoms with Crippen molar-refractivity contribution in [2.75, 3.05) is 5.73 Å². The van der Waals surface area contributed by atoms with Crippen LogP contribution in [-0.4, -0.2) is 18.3 Å². The molecule has 0 spiro atoms. The molecular weight excluding hydrogens is 320 g/mol. The van der Waals surface area contributed by atoms with Crippen molar-refractivity contribution in [3.8, 4) is 0 Å². The van der Waals surface area contributed by atoms with E-state index < -0.39 is 20.6 Å². The van der Waals surface area contributed by atoms with Gasteiger partial charge in [-0.1, -0.05) is 11.3 Å². The number of nitrogens with two attached hydrogens (primary N) is 1. The van der Waals surface area contributed by atoms with Gasteiger partial charge in [-0.2, -0.15) is 0 Å². The highest BCUT2D eigenvalue weighted by Gasteiger charge is 2.20. The Morgan fingerprint density at radius 3 is 2.71 bits per heavy atom. The molecule has 1 heterocycles. The minimum absolute atomic E-state index is 0.124. The zero-order chi connectivity index (χ0) is 15.6. The number of anilines is 1. The summed E-state index contributed by atoms with van der Waals surface area (Å²) in [6.45, 7) is -0.126. The van der Waals surface area contributed by atoms with Gasteiger partial charge in [0.2, 0.25) is 10.0 Å². The van der Waals surface area contributed by atoms with Gasteiger partial charge in [-0.25, -0.2) is 13.1 Å². The number of H-pyrrole nitrogens is 1. The lowest BCUT2D eigenvalue weighted by Gasteiger charge is -2.06. The molecule has 4 N–H and O–H groups in total. The van der Waals surface area contributed by atoms with E-state index in [0.717, 1.165) is 23.5 Å². The topological polar surface area (TPSA) is 148 Å². The van der Waals surface area contributed by atoms with E-state index in [9.17, 15) is 23.3 Å². The number of nitro benzene ring substituents is 1. The molecule has 2 aromatic rings. The molecule has 0 fully saturated rings. The van der Waals surface area contributed by atoms with E-state index in [4.69, 9.17) is 5.73 Å². The van der Waals surface area contributed by atoms with E-state index in [1.807, 2.05) is 0 Å². The fourth-order valence-electron chi connectivity index (χ4n) is 1.51. The molecule has 1 aromatic heterocycles. The van der Waals surface area contributed by atoms with Gasteiger partial charge < -0.3 is 10.7 Å². The van der Waals surface area contributed by atoms with Crippen LogP contribution in [0.5, 0.6) is 0 Å². The van der Waals surface area contributed by atoms with Crippen LogP contribution in [-0.2, 0) is 16.6 Å². The Morgan fingerprint density at radius 1 is 1.43 bits per heavy atom. The fraction of sp³-hybridized carbons (Fsp3) is 0.100. The highest BCUT2D eigenvalue weighted by molar-refractivity contribution is 7.89. The zero-order valence-corrected chi connectivity index (χ0v) is 12.0. The van der Waals surface area contributed by atoms with Crippen molar-refractivity contribution >= 4 is 32.7 Å². The van der Waals surface area contributed by atoms with Crippen molar-refractivity contribution in [1.29, 1.82) is 0 Å². The first kappa shape index (κ1) is 15.2. The van der Waals surface area contributed by atoms with E-state index in [1.54, 1.807) is 0 Å². The molecule has 0 saturated heterocycles. The predicted octanol–water partition coefficient (Wildman–Crippen LogP) is 0.405. The van der Waals surface area contributed by atoms with Gasteiger partial charge in [-0.05, 0) is 12.1 Å². The van der Waals surface area contributed by atoms with Crippen LogP contribution in [0, 0.1) is 10.1 Å². The molecule has 0 aliphatic carbocycles. The Hall–Kier alpha value is -2.24. The molecule has 0 aliphatic rings. The summed E-state index contributed by atoms with van der Waals surface area (Å²) in [7, 11) is -3.95. The average Bonchev–Trinajstić information content (AvgIpc) is 2.82. The van der Waals surface area contributed by atoms with Gasteiger partial charge >= 0.3 is 4.87 Å². The summed E-state index contributed by atoms with van der Waals surface area (Å²) in [6.07, 6.45) is 0. The number of nitro groups is 1. The Labute approximate surface area is 122 Å². The molecular formula is C10H10N4O5S2. The zero-order valence-electron chi connectivity index (χ0n) is 10.4. The Morgan fingerprint density at radius 2 is 2.14 bits per heavy atom. The van der Waals surface area contributed by atoms with Crippen LogP contribution in [0.15, 0.2) is 33.3 Å². The molecule has 0 bridgehead atoms. The summed E-state index contributed by atoms with van der Waals surface area (Å²) >= 11 is 0.907. The van der Waals surface area contributed by atoms with Crippen molar-refractivity contribution < 1.29 is 13.3 Å². The first-order valence-electron chi connectivity index (χ1n) is 5.50. The van der Waals surface area contributed by atoms with Crippen molar-refractivity contribution in [2.24, 2.45) is 0 Å². The lowest BCUT2D eigenvalue weighted by atomic mass is 10.3. The molecule has 0 unspecified atom stereocenters. The summed E-state index contributed by atoms with van der Waals surface area (Å²) < 4.78 is 26.3. The number of aromatic nitrogens is 1. The predicted molar refractivity (Wildman–Crippen MR) is 76.5 cm³/mol. The van der Waals surface area contributed by atoms with E-state index in [-0.39, 0.29) is 22.0 Å². The van der Waals surface area contributed by atoms with Gasteiger partial charge in [0.05, 0.1) is 16.4 Å². The first-order valence-corrected chi connectivity index (χ1v) is 7.86. The number of aromatic amines is 1. The minimum atomic E-state index is -3.95. The van der Waals surface area contributed by atoms with E-state index in [1.165, 1.54) is 11.4 Å². The van der Waals surface area contributed by atoms with Crippen LogP contribution < -0.4 is 15.3 Å². The number of nitrogens with one attached hydrogen (secondary N) is 2. The van der Waals surface area contributed by atoms with Crippen molar-refractivity contribution in [1.82, 2.24) is 9.71 Å². The molecule has 112 valence electrons. The van der Waals surface area contributed by atoms with Crippen LogP contribution in [0.25, 0.3) is 0 Å².